The zero-order valence-electron chi connectivity index (χ0n) is 16.5. The van der Waals surface area contributed by atoms with Crippen LogP contribution in [0.5, 0.6) is 0 Å². The van der Waals surface area contributed by atoms with E-state index in [1.165, 1.54) is 5.69 Å². The number of hydrogen-bond donors (Lipinski definition) is 0. The summed E-state index contributed by atoms with van der Waals surface area (Å²) >= 11 is 0. The van der Waals surface area contributed by atoms with Crippen LogP contribution in [0.4, 0.5) is 5.69 Å². The molecule has 2 heterocycles. The highest BCUT2D eigenvalue weighted by atomic mass is 16.2. The molecular weight excluding hydrogens is 348 g/mol. The normalized spacial score (nSPS) is 16.4. The van der Waals surface area contributed by atoms with E-state index < -0.39 is 0 Å². The number of amides is 1. The number of carbonyl (C=O) groups excluding carboxylic acids is 1. The van der Waals surface area contributed by atoms with E-state index in [2.05, 4.69) is 34.3 Å². The van der Waals surface area contributed by atoms with E-state index in [4.69, 9.17) is 0 Å². The molecule has 0 spiro atoms. The molecule has 5 nitrogen and oxygen atoms in total. The highest BCUT2D eigenvalue weighted by molar-refractivity contribution is 5.93. The molecule has 1 atom stereocenters. The van der Waals surface area contributed by atoms with Crippen molar-refractivity contribution < 1.29 is 4.79 Å². The highest BCUT2D eigenvalue weighted by Crippen LogP contribution is 2.25. The van der Waals surface area contributed by atoms with Crippen molar-refractivity contribution in [2.45, 2.75) is 6.42 Å². The second-order valence-electron chi connectivity index (χ2n) is 7.53. The number of aryl methyl sites for hydroxylation is 1. The summed E-state index contributed by atoms with van der Waals surface area (Å²) in [6.45, 7) is 2.77. The Morgan fingerprint density at radius 2 is 1.79 bits per heavy atom. The zero-order chi connectivity index (χ0) is 19.5. The van der Waals surface area contributed by atoms with Gasteiger partial charge in [0.15, 0.2) is 5.69 Å². The Balaban J connectivity index is 1.40. The number of carbonyl (C=O) groups is 1. The van der Waals surface area contributed by atoms with Gasteiger partial charge in [-0.25, -0.2) is 0 Å². The van der Waals surface area contributed by atoms with E-state index >= 15 is 0 Å². The van der Waals surface area contributed by atoms with Crippen LogP contribution in [0.15, 0.2) is 66.7 Å². The summed E-state index contributed by atoms with van der Waals surface area (Å²) in [4.78, 5) is 17.1. The van der Waals surface area contributed by atoms with Crippen molar-refractivity contribution in [1.82, 2.24) is 14.7 Å². The average Bonchev–Trinajstić information content (AvgIpc) is 3.35. The summed E-state index contributed by atoms with van der Waals surface area (Å²) < 4.78 is 1.78. The molecule has 0 unspecified atom stereocenters. The third-order valence-electron chi connectivity index (χ3n) is 5.45. The fourth-order valence-corrected chi connectivity index (χ4v) is 3.97. The third kappa shape index (κ3) is 3.79. The first-order valence-electron chi connectivity index (χ1n) is 9.77. The minimum atomic E-state index is -0.0176. The van der Waals surface area contributed by atoms with Crippen molar-refractivity contribution in [1.29, 1.82) is 0 Å². The molecular formula is C23H26N4O. The molecule has 1 aliphatic rings. The van der Waals surface area contributed by atoms with Crippen molar-refractivity contribution in [3.05, 3.63) is 72.4 Å². The summed E-state index contributed by atoms with van der Waals surface area (Å²) in [6, 6.07) is 22.4. The fraction of sp³-hybridized carbons (Fsp3) is 0.304. The molecule has 1 aromatic heterocycles. The number of para-hydroxylation sites is 1. The highest BCUT2D eigenvalue weighted by Gasteiger charge is 2.26. The molecule has 1 fully saturated rings. The summed E-state index contributed by atoms with van der Waals surface area (Å²) in [6.07, 6.45) is 1.10. The van der Waals surface area contributed by atoms with Crippen LogP contribution in [-0.2, 0) is 7.05 Å². The molecule has 0 bridgehead atoms. The van der Waals surface area contributed by atoms with Gasteiger partial charge < -0.3 is 9.80 Å². The number of nitrogens with zero attached hydrogens (tertiary/aromatic N) is 4. The van der Waals surface area contributed by atoms with Crippen LogP contribution in [0.2, 0.25) is 0 Å². The van der Waals surface area contributed by atoms with Gasteiger partial charge in [0.25, 0.3) is 5.91 Å². The molecule has 5 heteroatoms. The standard InChI is InChI=1S/C23H26N4O/c1-25(16-18-13-14-27(17-18)20-11-7-4-8-12-20)23(28)21-15-22(26(2)24-21)19-9-5-3-6-10-19/h3-12,15,18H,13-14,16-17H2,1-2H3/t18-/m1/s1. The van der Waals surface area contributed by atoms with E-state index in [1.54, 1.807) is 4.68 Å². The Bertz CT molecular complexity index is 936. The van der Waals surface area contributed by atoms with Crippen LogP contribution in [0.3, 0.4) is 0 Å². The average molecular weight is 374 g/mol. The van der Waals surface area contributed by atoms with Gasteiger partial charge in [-0.3, -0.25) is 9.48 Å². The van der Waals surface area contributed by atoms with Gasteiger partial charge in [-0.15, -0.1) is 0 Å². The van der Waals surface area contributed by atoms with Gasteiger partial charge in [-0.1, -0.05) is 48.5 Å². The van der Waals surface area contributed by atoms with E-state index in [9.17, 15) is 4.79 Å². The minimum absolute atomic E-state index is 0.0176. The lowest BCUT2D eigenvalue weighted by Crippen LogP contribution is -2.33. The van der Waals surface area contributed by atoms with E-state index in [-0.39, 0.29) is 5.91 Å². The van der Waals surface area contributed by atoms with Gasteiger partial charge in [0.1, 0.15) is 0 Å². The maximum Gasteiger partial charge on any atom is 0.274 e. The van der Waals surface area contributed by atoms with Gasteiger partial charge >= 0.3 is 0 Å². The monoisotopic (exact) mass is 374 g/mol. The SMILES string of the molecule is CN(C[C@H]1CCN(c2ccccc2)C1)C(=O)c1cc(-c2ccccc2)n(C)n1. The van der Waals surface area contributed by atoms with E-state index in [0.29, 0.717) is 11.6 Å². The molecule has 0 saturated carbocycles. The maximum absolute atomic E-state index is 12.9. The van der Waals surface area contributed by atoms with Crippen LogP contribution in [0.25, 0.3) is 11.3 Å². The van der Waals surface area contributed by atoms with Crippen LogP contribution in [0, 0.1) is 5.92 Å². The van der Waals surface area contributed by atoms with Crippen molar-refractivity contribution in [2.75, 3.05) is 31.6 Å². The zero-order valence-corrected chi connectivity index (χ0v) is 16.5. The maximum atomic E-state index is 12.9. The number of hydrogen-bond acceptors (Lipinski definition) is 3. The minimum Gasteiger partial charge on any atom is -0.371 e. The van der Waals surface area contributed by atoms with Crippen molar-refractivity contribution in [2.24, 2.45) is 13.0 Å². The number of aromatic nitrogens is 2. The van der Waals surface area contributed by atoms with Gasteiger partial charge in [0.05, 0.1) is 5.69 Å². The number of anilines is 1. The number of benzene rings is 2. The van der Waals surface area contributed by atoms with Gasteiger partial charge in [-0.05, 0) is 36.1 Å². The Labute approximate surface area is 166 Å². The largest absolute Gasteiger partial charge is 0.371 e. The van der Waals surface area contributed by atoms with Crippen LogP contribution in [-0.4, -0.2) is 47.3 Å². The van der Waals surface area contributed by atoms with E-state index in [1.807, 2.05) is 61.5 Å². The summed E-state index contributed by atoms with van der Waals surface area (Å²) in [5, 5.41) is 4.46. The molecule has 3 aromatic rings. The fourth-order valence-electron chi connectivity index (χ4n) is 3.97. The Kier molecular flexibility index (Phi) is 5.15. The topological polar surface area (TPSA) is 41.4 Å². The molecule has 0 aliphatic carbocycles. The van der Waals surface area contributed by atoms with Crippen molar-refractivity contribution >= 4 is 11.6 Å². The Morgan fingerprint density at radius 3 is 2.50 bits per heavy atom. The van der Waals surface area contributed by atoms with Crippen molar-refractivity contribution in [3.8, 4) is 11.3 Å². The second kappa shape index (κ2) is 7.89. The first-order chi connectivity index (χ1) is 13.6. The van der Waals surface area contributed by atoms with Crippen LogP contribution < -0.4 is 4.90 Å². The molecule has 1 saturated heterocycles. The lowest BCUT2D eigenvalue weighted by Gasteiger charge is -2.22. The quantitative estimate of drug-likeness (QED) is 0.684. The van der Waals surface area contributed by atoms with Crippen LogP contribution in [0.1, 0.15) is 16.9 Å². The van der Waals surface area contributed by atoms with Gasteiger partial charge in [0.2, 0.25) is 0 Å². The summed E-state index contributed by atoms with van der Waals surface area (Å²) in [5.41, 5.74) is 3.78. The summed E-state index contributed by atoms with van der Waals surface area (Å²) in [7, 11) is 3.76. The third-order valence-corrected chi connectivity index (χ3v) is 5.45. The van der Waals surface area contributed by atoms with E-state index in [0.717, 1.165) is 37.3 Å². The molecule has 0 N–H and O–H groups in total. The molecule has 1 aliphatic heterocycles. The Morgan fingerprint density at radius 1 is 1.11 bits per heavy atom. The van der Waals surface area contributed by atoms with Crippen molar-refractivity contribution in [3.63, 3.8) is 0 Å². The predicted molar refractivity (Wildman–Crippen MR) is 112 cm³/mol. The first-order valence-corrected chi connectivity index (χ1v) is 9.77. The van der Waals surface area contributed by atoms with Gasteiger partial charge in [0, 0.05) is 39.4 Å². The number of rotatable bonds is 5. The van der Waals surface area contributed by atoms with Gasteiger partial charge in [-0.2, -0.15) is 5.10 Å². The summed E-state index contributed by atoms with van der Waals surface area (Å²) in [5.74, 6) is 0.461. The molecule has 2 aromatic carbocycles. The lowest BCUT2D eigenvalue weighted by molar-refractivity contribution is 0.0770. The smallest absolute Gasteiger partial charge is 0.274 e. The lowest BCUT2D eigenvalue weighted by atomic mass is 10.1. The molecule has 0 radical (unpaired) electrons. The Hall–Kier alpha value is -3.08. The first kappa shape index (κ1) is 18.3. The molecule has 4 rings (SSSR count). The molecule has 1 amide bonds. The molecule has 144 valence electrons. The molecule has 28 heavy (non-hydrogen) atoms. The second-order valence-corrected chi connectivity index (χ2v) is 7.53. The van der Waals surface area contributed by atoms with Crippen LogP contribution >= 0.6 is 0 Å². The predicted octanol–water partition coefficient (Wildman–Crippen LogP) is 3.69.